The zero-order valence-electron chi connectivity index (χ0n) is 10.2. The molecule has 0 N–H and O–H groups in total. The van der Waals surface area contributed by atoms with Crippen LogP contribution in [0.25, 0.3) is 0 Å². The summed E-state index contributed by atoms with van der Waals surface area (Å²) >= 11 is 0. The van der Waals surface area contributed by atoms with Crippen LogP contribution in [-0.2, 0) is 4.74 Å². The molecular formula is C13H20N2O. The Hall–Kier alpha value is -1.35. The maximum atomic E-state index is 5.34. The number of nitrogens with zero attached hydrogens (tertiary/aromatic N) is 2. The van der Waals surface area contributed by atoms with Gasteiger partial charge in [-0.05, 0) is 25.5 Å². The summed E-state index contributed by atoms with van der Waals surface area (Å²) in [5, 5.41) is 0. The molecule has 1 aliphatic heterocycles. The fraction of sp³-hybridized carbons (Fsp3) is 0.462. The lowest BCUT2D eigenvalue weighted by molar-refractivity contribution is 0.0528. The lowest BCUT2D eigenvalue weighted by Crippen LogP contribution is -2.35. The van der Waals surface area contributed by atoms with Crippen molar-refractivity contribution in [3.63, 3.8) is 0 Å². The molecule has 1 heterocycles. The summed E-state index contributed by atoms with van der Waals surface area (Å²) in [5.41, 5.74) is 2.01. The zero-order valence-corrected chi connectivity index (χ0v) is 10.2. The van der Waals surface area contributed by atoms with Crippen LogP contribution in [0, 0.1) is 0 Å². The molecule has 1 saturated heterocycles. The third kappa shape index (κ3) is 3.35. The van der Waals surface area contributed by atoms with Gasteiger partial charge in [0.15, 0.2) is 0 Å². The van der Waals surface area contributed by atoms with Gasteiger partial charge in [0.05, 0.1) is 13.2 Å². The molecule has 0 aliphatic carbocycles. The molecule has 0 spiro atoms. The number of hydrogen-bond acceptors (Lipinski definition) is 3. The van der Waals surface area contributed by atoms with E-state index < -0.39 is 0 Å². The summed E-state index contributed by atoms with van der Waals surface area (Å²) in [6.45, 7) is 14.8. The average molecular weight is 220 g/mol. The topological polar surface area (TPSA) is 24.8 Å². The fourth-order valence-corrected chi connectivity index (χ4v) is 1.49. The normalized spacial score (nSPS) is 19.1. The molecule has 16 heavy (non-hydrogen) atoms. The van der Waals surface area contributed by atoms with E-state index in [1.807, 2.05) is 19.9 Å². The summed E-state index contributed by atoms with van der Waals surface area (Å²) < 4.78 is 5.34. The largest absolute Gasteiger partial charge is 0.378 e. The smallest absolute Gasteiger partial charge is 0.131 e. The molecule has 1 fully saturated rings. The first-order chi connectivity index (χ1) is 7.69. The Morgan fingerprint density at radius 1 is 1.19 bits per heavy atom. The second-order valence-electron chi connectivity index (χ2n) is 3.77. The van der Waals surface area contributed by atoms with Crippen molar-refractivity contribution >= 4 is 5.71 Å². The van der Waals surface area contributed by atoms with Gasteiger partial charge in [-0.15, -0.1) is 0 Å². The van der Waals surface area contributed by atoms with Crippen LogP contribution in [0.2, 0.25) is 0 Å². The molecule has 1 aliphatic rings. The molecule has 0 aromatic rings. The second-order valence-corrected chi connectivity index (χ2v) is 3.77. The molecule has 0 unspecified atom stereocenters. The van der Waals surface area contributed by atoms with Crippen LogP contribution in [0.1, 0.15) is 13.8 Å². The predicted octanol–water partition coefficient (Wildman–Crippen LogP) is 2.38. The van der Waals surface area contributed by atoms with E-state index in [0.29, 0.717) is 0 Å². The number of hydrogen-bond donors (Lipinski definition) is 0. The first-order valence-electron chi connectivity index (χ1n) is 5.52. The highest BCUT2D eigenvalue weighted by Crippen LogP contribution is 2.15. The number of rotatable bonds is 4. The molecule has 0 radical (unpaired) electrons. The summed E-state index contributed by atoms with van der Waals surface area (Å²) in [6, 6.07) is 0. The molecule has 1 rings (SSSR count). The van der Waals surface area contributed by atoms with Gasteiger partial charge in [-0.25, -0.2) is 4.99 Å². The van der Waals surface area contributed by atoms with Crippen molar-refractivity contribution in [2.75, 3.05) is 26.3 Å². The monoisotopic (exact) mass is 220 g/mol. The quantitative estimate of drug-likeness (QED) is 0.537. The molecule has 0 amide bonds. The molecule has 0 aromatic heterocycles. The van der Waals surface area contributed by atoms with E-state index in [1.165, 1.54) is 0 Å². The Balaban J connectivity index is 2.95. The zero-order chi connectivity index (χ0) is 12.0. The van der Waals surface area contributed by atoms with E-state index in [-0.39, 0.29) is 0 Å². The van der Waals surface area contributed by atoms with Crippen LogP contribution in [0.4, 0.5) is 0 Å². The molecular weight excluding hydrogens is 200 g/mol. The Morgan fingerprint density at radius 2 is 1.81 bits per heavy atom. The molecule has 88 valence electrons. The van der Waals surface area contributed by atoms with Crippen LogP contribution in [0.15, 0.2) is 41.7 Å². The Labute approximate surface area is 97.8 Å². The second kappa shape index (κ2) is 6.28. The third-order valence-electron chi connectivity index (χ3n) is 2.55. The number of ether oxygens (including phenoxy) is 1. The van der Waals surface area contributed by atoms with Crippen molar-refractivity contribution in [3.8, 4) is 0 Å². The van der Waals surface area contributed by atoms with Crippen molar-refractivity contribution in [3.05, 3.63) is 36.7 Å². The van der Waals surface area contributed by atoms with Gasteiger partial charge in [0.1, 0.15) is 5.82 Å². The van der Waals surface area contributed by atoms with E-state index in [1.54, 1.807) is 6.08 Å². The SMILES string of the molecule is C=C/C(C)=N\C(=C(\C)C=C)N1CCOCC1. The molecule has 3 heteroatoms. The van der Waals surface area contributed by atoms with Gasteiger partial charge in [0, 0.05) is 18.8 Å². The van der Waals surface area contributed by atoms with E-state index in [2.05, 4.69) is 23.1 Å². The van der Waals surface area contributed by atoms with Gasteiger partial charge in [-0.2, -0.15) is 0 Å². The fourth-order valence-electron chi connectivity index (χ4n) is 1.49. The standard InChI is InChI=1S/C13H20N2O/c1-5-11(3)13(14-12(4)6-2)15-7-9-16-10-8-15/h5-6H,1-2,7-10H2,3-4H3/b13-11+,14-12-. The third-order valence-corrected chi connectivity index (χ3v) is 2.55. The van der Waals surface area contributed by atoms with Crippen molar-refractivity contribution in [1.29, 1.82) is 0 Å². The maximum Gasteiger partial charge on any atom is 0.131 e. The van der Waals surface area contributed by atoms with E-state index in [4.69, 9.17) is 4.74 Å². The van der Waals surface area contributed by atoms with Crippen LogP contribution >= 0.6 is 0 Å². The predicted molar refractivity (Wildman–Crippen MR) is 68.6 cm³/mol. The van der Waals surface area contributed by atoms with E-state index in [9.17, 15) is 0 Å². The molecule has 0 aromatic carbocycles. The highest BCUT2D eigenvalue weighted by Gasteiger charge is 2.14. The molecule has 0 atom stereocenters. The highest BCUT2D eigenvalue weighted by molar-refractivity contribution is 5.92. The summed E-state index contributed by atoms with van der Waals surface area (Å²) in [5.74, 6) is 0.982. The minimum Gasteiger partial charge on any atom is -0.378 e. The molecule has 3 nitrogen and oxygen atoms in total. The Bertz CT molecular complexity index is 323. The van der Waals surface area contributed by atoms with E-state index in [0.717, 1.165) is 43.4 Å². The van der Waals surface area contributed by atoms with Gasteiger partial charge in [-0.1, -0.05) is 19.2 Å². The summed E-state index contributed by atoms with van der Waals surface area (Å²) in [7, 11) is 0. The van der Waals surface area contributed by atoms with Crippen molar-refractivity contribution < 1.29 is 4.74 Å². The first-order valence-corrected chi connectivity index (χ1v) is 5.52. The first kappa shape index (κ1) is 12.7. The van der Waals surface area contributed by atoms with Crippen LogP contribution in [-0.4, -0.2) is 36.9 Å². The minimum atomic E-state index is 0.760. The Morgan fingerprint density at radius 3 is 2.31 bits per heavy atom. The van der Waals surface area contributed by atoms with Gasteiger partial charge >= 0.3 is 0 Å². The highest BCUT2D eigenvalue weighted by atomic mass is 16.5. The minimum absolute atomic E-state index is 0.760. The van der Waals surface area contributed by atoms with Crippen molar-refractivity contribution in [1.82, 2.24) is 4.90 Å². The average Bonchev–Trinajstić information content (AvgIpc) is 2.35. The van der Waals surface area contributed by atoms with Gasteiger partial charge in [-0.3, -0.25) is 0 Å². The van der Waals surface area contributed by atoms with Gasteiger partial charge < -0.3 is 9.64 Å². The summed E-state index contributed by atoms with van der Waals surface area (Å²) in [4.78, 5) is 6.80. The Kier molecular flexibility index (Phi) is 4.99. The lowest BCUT2D eigenvalue weighted by Gasteiger charge is -2.30. The van der Waals surface area contributed by atoms with Gasteiger partial charge in [0.25, 0.3) is 0 Å². The molecule has 0 saturated carbocycles. The maximum absolute atomic E-state index is 5.34. The molecule has 0 bridgehead atoms. The van der Waals surface area contributed by atoms with Crippen molar-refractivity contribution in [2.24, 2.45) is 4.99 Å². The van der Waals surface area contributed by atoms with Crippen LogP contribution in [0.3, 0.4) is 0 Å². The number of allylic oxidation sites excluding steroid dienone is 3. The van der Waals surface area contributed by atoms with Crippen LogP contribution in [0.5, 0.6) is 0 Å². The van der Waals surface area contributed by atoms with Crippen molar-refractivity contribution in [2.45, 2.75) is 13.8 Å². The number of aliphatic imine (C=N–C) groups is 1. The lowest BCUT2D eigenvalue weighted by atomic mass is 10.2. The van der Waals surface area contributed by atoms with Gasteiger partial charge in [0.2, 0.25) is 0 Å². The van der Waals surface area contributed by atoms with Crippen LogP contribution < -0.4 is 0 Å². The number of morpholine rings is 1. The summed E-state index contributed by atoms with van der Waals surface area (Å²) in [6.07, 6.45) is 3.60. The van der Waals surface area contributed by atoms with E-state index >= 15 is 0 Å².